The number of piperidine rings is 1. The number of fused-ring (bicyclic) bond motifs is 1. The van der Waals surface area contributed by atoms with Gasteiger partial charge in [0.25, 0.3) is 0 Å². The first kappa shape index (κ1) is 12.0. The molecule has 3 rings (SSSR count). The number of nitrogens with zero attached hydrogens (tertiary/aromatic N) is 1. The van der Waals surface area contributed by atoms with E-state index in [0.717, 1.165) is 11.8 Å². The van der Waals surface area contributed by atoms with Crippen molar-refractivity contribution in [3.8, 4) is 0 Å². The molecule has 0 spiro atoms. The van der Waals surface area contributed by atoms with Crippen molar-refractivity contribution in [3.63, 3.8) is 0 Å². The molecule has 2 heterocycles. The van der Waals surface area contributed by atoms with Gasteiger partial charge in [-0.2, -0.15) is 0 Å². The molecule has 1 aromatic rings. The third-order valence-corrected chi connectivity index (χ3v) is 4.48. The van der Waals surface area contributed by atoms with Crippen molar-refractivity contribution < 1.29 is 0 Å². The van der Waals surface area contributed by atoms with E-state index in [1.54, 1.807) is 11.1 Å². The van der Waals surface area contributed by atoms with E-state index in [1.165, 1.54) is 44.6 Å². The van der Waals surface area contributed by atoms with Crippen molar-refractivity contribution in [2.45, 2.75) is 32.1 Å². The van der Waals surface area contributed by atoms with Crippen LogP contribution in [0.25, 0.3) is 0 Å². The molecule has 0 aromatic heterocycles. The van der Waals surface area contributed by atoms with Crippen molar-refractivity contribution >= 4 is 5.69 Å². The second-order valence-electron chi connectivity index (χ2n) is 6.10. The number of rotatable bonds is 1. The SMILES string of the molecule is C[C@@H]1Cc2cc(C3CCNCC3)ccc2N(C)C1. The molecule has 1 fully saturated rings. The Kier molecular flexibility index (Phi) is 3.29. The van der Waals surface area contributed by atoms with Gasteiger partial charge in [0.05, 0.1) is 0 Å². The minimum absolute atomic E-state index is 0.777. The van der Waals surface area contributed by atoms with E-state index in [4.69, 9.17) is 0 Å². The molecule has 2 nitrogen and oxygen atoms in total. The van der Waals surface area contributed by atoms with Crippen molar-refractivity contribution in [2.24, 2.45) is 5.92 Å². The molecule has 0 saturated carbocycles. The van der Waals surface area contributed by atoms with Gasteiger partial charge >= 0.3 is 0 Å². The van der Waals surface area contributed by atoms with Gasteiger partial charge in [0.15, 0.2) is 0 Å². The molecule has 0 amide bonds. The maximum atomic E-state index is 3.45. The summed E-state index contributed by atoms with van der Waals surface area (Å²) in [5.74, 6) is 1.56. The van der Waals surface area contributed by atoms with Crippen molar-refractivity contribution in [1.82, 2.24) is 5.32 Å². The quantitative estimate of drug-likeness (QED) is 0.817. The van der Waals surface area contributed by atoms with Crippen molar-refractivity contribution in [1.29, 1.82) is 0 Å². The number of hydrogen-bond acceptors (Lipinski definition) is 2. The van der Waals surface area contributed by atoms with Crippen LogP contribution in [0, 0.1) is 5.92 Å². The molecular weight excluding hydrogens is 220 g/mol. The lowest BCUT2D eigenvalue weighted by Crippen LogP contribution is -2.31. The van der Waals surface area contributed by atoms with Crippen LogP contribution < -0.4 is 10.2 Å². The van der Waals surface area contributed by atoms with Crippen LogP contribution in [0.3, 0.4) is 0 Å². The van der Waals surface area contributed by atoms with E-state index in [0.29, 0.717) is 0 Å². The van der Waals surface area contributed by atoms with E-state index in [9.17, 15) is 0 Å². The zero-order chi connectivity index (χ0) is 12.5. The van der Waals surface area contributed by atoms with Gasteiger partial charge in [-0.15, -0.1) is 0 Å². The van der Waals surface area contributed by atoms with Crippen LogP contribution >= 0.6 is 0 Å². The summed E-state index contributed by atoms with van der Waals surface area (Å²) in [7, 11) is 2.22. The number of benzene rings is 1. The third-order valence-electron chi connectivity index (χ3n) is 4.48. The van der Waals surface area contributed by atoms with E-state index in [2.05, 4.69) is 42.4 Å². The fraction of sp³-hybridized carbons (Fsp3) is 0.625. The first-order chi connectivity index (χ1) is 8.74. The fourth-order valence-corrected chi connectivity index (χ4v) is 3.56. The monoisotopic (exact) mass is 244 g/mol. The maximum Gasteiger partial charge on any atom is 0.0396 e. The zero-order valence-corrected chi connectivity index (χ0v) is 11.6. The number of hydrogen-bond donors (Lipinski definition) is 1. The molecule has 1 atom stereocenters. The Bertz CT molecular complexity index is 421. The summed E-state index contributed by atoms with van der Waals surface area (Å²) in [6.45, 7) is 5.91. The summed E-state index contributed by atoms with van der Waals surface area (Å²) in [6.07, 6.45) is 3.84. The number of nitrogens with one attached hydrogen (secondary N) is 1. The van der Waals surface area contributed by atoms with Crippen LogP contribution in [-0.4, -0.2) is 26.7 Å². The van der Waals surface area contributed by atoms with Crippen LogP contribution in [0.4, 0.5) is 5.69 Å². The summed E-state index contributed by atoms with van der Waals surface area (Å²) >= 11 is 0. The highest BCUT2D eigenvalue weighted by Gasteiger charge is 2.21. The van der Waals surface area contributed by atoms with E-state index in [-0.39, 0.29) is 0 Å². The van der Waals surface area contributed by atoms with Gasteiger partial charge in [-0.25, -0.2) is 0 Å². The van der Waals surface area contributed by atoms with Crippen LogP contribution in [-0.2, 0) is 6.42 Å². The predicted octanol–water partition coefficient (Wildman–Crippen LogP) is 2.78. The lowest BCUT2D eigenvalue weighted by Gasteiger charge is -2.33. The molecule has 0 aliphatic carbocycles. The van der Waals surface area contributed by atoms with Gasteiger partial charge < -0.3 is 10.2 Å². The summed E-state index contributed by atoms with van der Waals surface area (Å²) in [4.78, 5) is 2.41. The summed E-state index contributed by atoms with van der Waals surface area (Å²) in [6, 6.07) is 7.19. The Morgan fingerprint density at radius 1 is 1.22 bits per heavy atom. The smallest absolute Gasteiger partial charge is 0.0396 e. The van der Waals surface area contributed by atoms with Crippen LogP contribution in [0.15, 0.2) is 18.2 Å². The Morgan fingerprint density at radius 3 is 2.78 bits per heavy atom. The van der Waals surface area contributed by atoms with Gasteiger partial charge in [-0.3, -0.25) is 0 Å². The molecule has 98 valence electrons. The molecule has 2 aliphatic rings. The van der Waals surface area contributed by atoms with Gasteiger partial charge in [0.2, 0.25) is 0 Å². The highest BCUT2D eigenvalue weighted by molar-refractivity contribution is 5.57. The molecule has 1 aromatic carbocycles. The zero-order valence-electron chi connectivity index (χ0n) is 11.6. The van der Waals surface area contributed by atoms with Gasteiger partial charge in [0.1, 0.15) is 0 Å². The summed E-state index contributed by atoms with van der Waals surface area (Å²) in [5.41, 5.74) is 4.58. The molecule has 2 heteroatoms. The predicted molar refractivity (Wildman–Crippen MR) is 77.4 cm³/mol. The minimum atomic E-state index is 0.777. The molecule has 0 unspecified atom stereocenters. The van der Waals surface area contributed by atoms with E-state index >= 15 is 0 Å². The lowest BCUT2D eigenvalue weighted by atomic mass is 9.86. The Balaban J connectivity index is 1.87. The lowest BCUT2D eigenvalue weighted by molar-refractivity contribution is 0.459. The van der Waals surface area contributed by atoms with Crippen molar-refractivity contribution in [2.75, 3.05) is 31.6 Å². The summed E-state index contributed by atoms with van der Waals surface area (Å²) in [5, 5.41) is 3.45. The van der Waals surface area contributed by atoms with Crippen molar-refractivity contribution in [3.05, 3.63) is 29.3 Å². The standard InChI is InChI=1S/C16H24N2/c1-12-9-15-10-14(13-5-7-17-8-6-13)3-4-16(15)18(2)11-12/h3-4,10,12-13,17H,5-9,11H2,1-2H3/t12-/m1/s1. The molecular formula is C16H24N2. The molecule has 0 radical (unpaired) electrons. The van der Waals surface area contributed by atoms with Gasteiger partial charge in [-0.1, -0.05) is 19.1 Å². The first-order valence-corrected chi connectivity index (χ1v) is 7.28. The Hall–Kier alpha value is -1.02. The fourth-order valence-electron chi connectivity index (χ4n) is 3.56. The normalized spacial score (nSPS) is 25.0. The Morgan fingerprint density at radius 2 is 2.00 bits per heavy atom. The topological polar surface area (TPSA) is 15.3 Å². The maximum absolute atomic E-state index is 3.45. The molecule has 0 bridgehead atoms. The van der Waals surface area contributed by atoms with E-state index < -0.39 is 0 Å². The average Bonchev–Trinajstić information content (AvgIpc) is 2.39. The second-order valence-corrected chi connectivity index (χ2v) is 6.10. The highest BCUT2D eigenvalue weighted by Crippen LogP contribution is 2.33. The molecule has 1 saturated heterocycles. The Labute approximate surface area is 110 Å². The van der Waals surface area contributed by atoms with E-state index in [1.807, 2.05) is 0 Å². The molecule has 2 aliphatic heterocycles. The summed E-state index contributed by atoms with van der Waals surface area (Å²) < 4.78 is 0. The highest BCUT2D eigenvalue weighted by atomic mass is 15.1. The van der Waals surface area contributed by atoms with Crippen LogP contribution in [0.2, 0.25) is 0 Å². The van der Waals surface area contributed by atoms with Crippen LogP contribution in [0.5, 0.6) is 0 Å². The third kappa shape index (κ3) is 2.26. The molecule has 18 heavy (non-hydrogen) atoms. The molecule has 1 N–H and O–H groups in total. The van der Waals surface area contributed by atoms with Crippen LogP contribution in [0.1, 0.15) is 36.8 Å². The number of anilines is 1. The second kappa shape index (κ2) is 4.93. The minimum Gasteiger partial charge on any atom is -0.374 e. The average molecular weight is 244 g/mol. The van der Waals surface area contributed by atoms with Gasteiger partial charge in [0, 0.05) is 19.3 Å². The first-order valence-electron chi connectivity index (χ1n) is 7.28. The largest absolute Gasteiger partial charge is 0.374 e. The van der Waals surface area contributed by atoms with Gasteiger partial charge in [-0.05, 0) is 61.4 Å².